The van der Waals surface area contributed by atoms with Crippen molar-refractivity contribution in [2.24, 2.45) is 0 Å². The predicted molar refractivity (Wildman–Crippen MR) is 65.1 cm³/mol. The van der Waals surface area contributed by atoms with Crippen LogP contribution in [-0.4, -0.2) is 28.1 Å². The number of benzene rings is 1. The number of quaternary nitrogens is 1. The van der Waals surface area contributed by atoms with E-state index in [1.807, 2.05) is 22.9 Å². The maximum atomic E-state index is 4.32. The molecule has 2 heterocycles. The minimum atomic E-state index is 1.01. The van der Waals surface area contributed by atoms with Gasteiger partial charge in [0.1, 0.15) is 12.2 Å². The monoisotopic (exact) mass is 229 g/mol. The van der Waals surface area contributed by atoms with Gasteiger partial charge >= 0.3 is 0 Å². The fourth-order valence-corrected chi connectivity index (χ4v) is 2.42. The minimum absolute atomic E-state index is 1.01. The second-order valence-corrected chi connectivity index (χ2v) is 4.51. The Morgan fingerprint density at radius 2 is 2.12 bits per heavy atom. The van der Waals surface area contributed by atoms with Crippen molar-refractivity contribution in [2.75, 3.05) is 13.1 Å². The number of nitrogens with zero attached hydrogens (tertiary/aromatic N) is 3. The molecule has 0 saturated heterocycles. The first-order valence-electron chi connectivity index (χ1n) is 6.21. The maximum Gasteiger partial charge on any atom is 0.141 e. The summed E-state index contributed by atoms with van der Waals surface area (Å²) in [6, 6.07) is 10.3. The molecule has 1 aromatic heterocycles. The smallest absolute Gasteiger partial charge is 0.141 e. The molecule has 0 radical (unpaired) electrons. The van der Waals surface area contributed by atoms with Crippen LogP contribution in [0.15, 0.2) is 30.3 Å². The van der Waals surface area contributed by atoms with Crippen LogP contribution >= 0.6 is 0 Å². The Morgan fingerprint density at radius 1 is 1.29 bits per heavy atom. The average molecular weight is 229 g/mol. The van der Waals surface area contributed by atoms with Crippen LogP contribution in [0.2, 0.25) is 0 Å². The van der Waals surface area contributed by atoms with Crippen molar-refractivity contribution < 1.29 is 4.90 Å². The highest BCUT2D eigenvalue weighted by molar-refractivity contribution is 5.33. The van der Waals surface area contributed by atoms with Gasteiger partial charge in [-0.3, -0.25) is 0 Å². The van der Waals surface area contributed by atoms with Crippen molar-refractivity contribution in [1.82, 2.24) is 15.0 Å². The van der Waals surface area contributed by atoms with E-state index in [0.717, 1.165) is 30.9 Å². The lowest BCUT2D eigenvalue weighted by molar-refractivity contribution is -0.914. The summed E-state index contributed by atoms with van der Waals surface area (Å²) in [6.45, 7) is 5.59. The first-order chi connectivity index (χ1) is 8.38. The number of aromatic nitrogens is 3. The molecule has 3 rings (SSSR count). The summed E-state index contributed by atoms with van der Waals surface area (Å²) in [6.07, 6.45) is 1.07. The number of hydrogen-bond donors (Lipinski definition) is 1. The van der Waals surface area contributed by atoms with Crippen LogP contribution in [0.25, 0.3) is 5.69 Å². The van der Waals surface area contributed by atoms with Crippen molar-refractivity contribution in [2.45, 2.75) is 19.9 Å². The third kappa shape index (κ3) is 1.85. The third-order valence-electron chi connectivity index (χ3n) is 3.48. The third-order valence-corrected chi connectivity index (χ3v) is 3.48. The second-order valence-electron chi connectivity index (χ2n) is 4.51. The molecule has 0 spiro atoms. The van der Waals surface area contributed by atoms with E-state index in [9.17, 15) is 0 Å². The highest BCUT2D eigenvalue weighted by Gasteiger charge is 2.24. The van der Waals surface area contributed by atoms with Crippen LogP contribution in [0, 0.1) is 0 Å². The van der Waals surface area contributed by atoms with E-state index >= 15 is 0 Å². The molecule has 0 bridgehead atoms. The Labute approximate surface area is 101 Å². The van der Waals surface area contributed by atoms with Crippen molar-refractivity contribution in [3.05, 3.63) is 41.7 Å². The lowest BCUT2D eigenvalue weighted by Crippen LogP contribution is -3.11. The molecule has 1 atom stereocenters. The molecule has 1 unspecified atom stereocenters. The van der Waals surface area contributed by atoms with Gasteiger partial charge in [0.25, 0.3) is 0 Å². The molecule has 1 N–H and O–H groups in total. The van der Waals surface area contributed by atoms with Crippen LogP contribution < -0.4 is 4.90 Å². The normalized spacial score (nSPS) is 19.0. The topological polar surface area (TPSA) is 35.2 Å². The molecule has 4 heteroatoms. The van der Waals surface area contributed by atoms with E-state index < -0.39 is 0 Å². The number of rotatable bonds is 2. The fourth-order valence-electron chi connectivity index (χ4n) is 2.42. The van der Waals surface area contributed by atoms with Gasteiger partial charge in [-0.1, -0.05) is 23.4 Å². The van der Waals surface area contributed by atoms with Crippen molar-refractivity contribution >= 4 is 0 Å². The van der Waals surface area contributed by atoms with Crippen molar-refractivity contribution in [3.63, 3.8) is 0 Å². The Hall–Kier alpha value is -1.68. The second kappa shape index (κ2) is 4.30. The SMILES string of the molecule is CC[NH+]1CCc2c(nnn2-c2ccccc2)C1. The van der Waals surface area contributed by atoms with Crippen LogP contribution in [-0.2, 0) is 13.0 Å². The zero-order chi connectivity index (χ0) is 11.7. The number of para-hydroxylation sites is 1. The molecule has 1 aliphatic rings. The maximum absolute atomic E-state index is 4.32. The van der Waals surface area contributed by atoms with E-state index in [1.165, 1.54) is 12.2 Å². The zero-order valence-electron chi connectivity index (χ0n) is 10.1. The zero-order valence-corrected chi connectivity index (χ0v) is 10.1. The number of hydrogen-bond acceptors (Lipinski definition) is 2. The fraction of sp³-hybridized carbons (Fsp3) is 0.385. The van der Waals surface area contributed by atoms with Crippen molar-refractivity contribution in [3.8, 4) is 5.69 Å². The number of nitrogens with one attached hydrogen (secondary N) is 1. The Balaban J connectivity index is 1.97. The summed E-state index contributed by atoms with van der Waals surface area (Å²) in [5, 5.41) is 8.61. The van der Waals surface area contributed by atoms with Gasteiger partial charge in [0.2, 0.25) is 0 Å². The van der Waals surface area contributed by atoms with Gasteiger partial charge < -0.3 is 4.90 Å². The minimum Gasteiger partial charge on any atom is -0.330 e. The largest absolute Gasteiger partial charge is 0.330 e. The van der Waals surface area contributed by atoms with Crippen LogP contribution in [0.5, 0.6) is 0 Å². The molecule has 2 aromatic rings. The van der Waals surface area contributed by atoms with Gasteiger partial charge in [-0.2, -0.15) is 0 Å². The molecule has 4 nitrogen and oxygen atoms in total. The van der Waals surface area contributed by atoms with E-state index in [1.54, 1.807) is 4.90 Å². The van der Waals surface area contributed by atoms with Crippen LogP contribution in [0.4, 0.5) is 0 Å². The predicted octanol–water partition coefficient (Wildman–Crippen LogP) is 0.228. The molecular formula is C13H17N4+. The van der Waals surface area contributed by atoms with Gasteiger partial charge in [0.15, 0.2) is 0 Å². The van der Waals surface area contributed by atoms with Gasteiger partial charge in [-0.15, -0.1) is 5.10 Å². The van der Waals surface area contributed by atoms with Crippen LogP contribution in [0.3, 0.4) is 0 Å². The first kappa shape index (κ1) is 10.5. The van der Waals surface area contributed by atoms with E-state index in [2.05, 4.69) is 29.4 Å². The Bertz CT molecular complexity index is 503. The summed E-state index contributed by atoms with van der Waals surface area (Å²) in [5.74, 6) is 0. The van der Waals surface area contributed by atoms with Gasteiger partial charge in [-0.25, -0.2) is 4.68 Å². The Morgan fingerprint density at radius 3 is 2.88 bits per heavy atom. The number of likely N-dealkylation sites (N-methyl/N-ethyl adjacent to an activating group) is 1. The number of fused-ring (bicyclic) bond motifs is 1. The summed E-state index contributed by atoms with van der Waals surface area (Å²) in [7, 11) is 0. The lowest BCUT2D eigenvalue weighted by atomic mass is 10.1. The summed E-state index contributed by atoms with van der Waals surface area (Å²) >= 11 is 0. The molecule has 88 valence electrons. The quantitative estimate of drug-likeness (QED) is 0.800. The molecule has 0 amide bonds. The molecule has 17 heavy (non-hydrogen) atoms. The van der Waals surface area contributed by atoms with Gasteiger partial charge in [0.05, 0.1) is 24.5 Å². The standard InChI is InChI=1S/C13H16N4/c1-2-16-9-8-13-12(10-16)14-15-17(13)11-6-4-3-5-7-11/h3-7H,2,8-10H2,1H3/p+1. The Kier molecular flexibility index (Phi) is 2.65. The summed E-state index contributed by atoms with van der Waals surface area (Å²) in [4.78, 5) is 1.60. The highest BCUT2D eigenvalue weighted by Crippen LogP contribution is 2.14. The summed E-state index contributed by atoms with van der Waals surface area (Å²) in [5.41, 5.74) is 3.56. The molecule has 1 aliphatic heterocycles. The van der Waals surface area contributed by atoms with E-state index in [4.69, 9.17) is 0 Å². The molecule has 0 aliphatic carbocycles. The van der Waals surface area contributed by atoms with Gasteiger partial charge in [-0.05, 0) is 19.1 Å². The molecule has 1 aromatic carbocycles. The molecule has 0 fully saturated rings. The van der Waals surface area contributed by atoms with Gasteiger partial charge in [0, 0.05) is 6.42 Å². The van der Waals surface area contributed by atoms with Crippen LogP contribution in [0.1, 0.15) is 18.3 Å². The lowest BCUT2D eigenvalue weighted by Gasteiger charge is -2.21. The molecular weight excluding hydrogens is 212 g/mol. The van der Waals surface area contributed by atoms with E-state index in [0.29, 0.717) is 0 Å². The highest BCUT2D eigenvalue weighted by atomic mass is 15.4. The summed E-state index contributed by atoms with van der Waals surface area (Å²) < 4.78 is 1.99. The average Bonchev–Trinajstić information content (AvgIpc) is 2.82. The first-order valence-corrected chi connectivity index (χ1v) is 6.21. The van der Waals surface area contributed by atoms with E-state index in [-0.39, 0.29) is 0 Å². The molecule has 0 saturated carbocycles. The van der Waals surface area contributed by atoms with Crippen molar-refractivity contribution in [1.29, 1.82) is 0 Å².